The third kappa shape index (κ3) is 6.13. The van der Waals surface area contributed by atoms with Crippen molar-refractivity contribution in [2.24, 2.45) is 5.14 Å². The van der Waals surface area contributed by atoms with E-state index in [0.29, 0.717) is 15.8 Å². The number of nitrogens with one attached hydrogen (secondary N) is 2. The van der Waals surface area contributed by atoms with Crippen LogP contribution in [0, 0.1) is 11.8 Å². The van der Waals surface area contributed by atoms with Gasteiger partial charge in [0, 0.05) is 22.7 Å². The Kier molecular flexibility index (Phi) is 8.10. The smallest absolute Gasteiger partial charge is 0.273 e. The fourth-order valence-electron chi connectivity index (χ4n) is 4.15. The van der Waals surface area contributed by atoms with Gasteiger partial charge in [0.1, 0.15) is 0 Å². The molecule has 2 heterocycles. The van der Waals surface area contributed by atoms with E-state index in [1.807, 2.05) is 6.07 Å². The van der Waals surface area contributed by atoms with Crippen molar-refractivity contribution < 1.29 is 21.6 Å². The normalized spacial score (nSPS) is 16.1. The summed E-state index contributed by atoms with van der Waals surface area (Å²) in [6.07, 6.45) is -3.68. The lowest BCUT2D eigenvalue weighted by atomic mass is 10.0. The number of halogens is 3. The van der Waals surface area contributed by atoms with Crippen LogP contribution in [0.5, 0.6) is 0 Å². The molecule has 0 aliphatic carbocycles. The number of alkyl halides is 3. The highest BCUT2D eigenvalue weighted by Crippen LogP contribution is 2.42. The van der Waals surface area contributed by atoms with E-state index in [9.17, 15) is 21.6 Å². The summed E-state index contributed by atoms with van der Waals surface area (Å²) in [5, 5.41) is 12.1. The van der Waals surface area contributed by atoms with E-state index in [1.54, 1.807) is 24.3 Å². The summed E-state index contributed by atoms with van der Waals surface area (Å²) in [4.78, 5) is 2.51. The number of primary sulfonamides is 1. The third-order valence-electron chi connectivity index (χ3n) is 6.09. The van der Waals surface area contributed by atoms with E-state index < -0.39 is 22.6 Å². The lowest BCUT2D eigenvalue weighted by Gasteiger charge is -2.30. The highest BCUT2D eigenvalue weighted by atomic mass is 32.2. The summed E-state index contributed by atoms with van der Waals surface area (Å²) in [5.41, 5.74) is 1.33. The summed E-state index contributed by atoms with van der Waals surface area (Å²) >= 11 is 1.21. The van der Waals surface area contributed by atoms with Gasteiger partial charge in [0.25, 0.3) is 6.43 Å². The van der Waals surface area contributed by atoms with Gasteiger partial charge in [-0.3, -0.25) is 0 Å². The van der Waals surface area contributed by atoms with Crippen molar-refractivity contribution in [2.75, 3.05) is 37.3 Å². The second-order valence-corrected chi connectivity index (χ2v) is 11.3. The first kappa shape index (κ1) is 26.3. The number of nitrogens with zero attached hydrogens (tertiary/aromatic N) is 1. The zero-order valence-corrected chi connectivity index (χ0v) is 21.2. The van der Waals surface area contributed by atoms with Crippen molar-refractivity contribution in [3.8, 4) is 11.8 Å². The molecule has 192 valence electrons. The molecular weight excluding hydrogens is 509 g/mol. The summed E-state index contributed by atoms with van der Waals surface area (Å²) in [6, 6.07) is 11.4. The van der Waals surface area contributed by atoms with Gasteiger partial charge in [-0.15, -0.1) is 11.3 Å². The quantitative estimate of drug-likeness (QED) is 0.378. The number of nitrogens with two attached hydrogens (primary N) is 1. The number of likely N-dealkylation sites (tertiary alicyclic amines) is 1. The Hall–Kier alpha value is -2.78. The molecule has 11 heteroatoms. The maximum absolute atomic E-state index is 14.7. The van der Waals surface area contributed by atoms with Crippen molar-refractivity contribution in [1.82, 2.24) is 4.90 Å². The highest BCUT2D eigenvalue weighted by molar-refractivity contribution is 7.89. The SMILES string of the molecule is CN1CCC(Nc2cccc3c(C(F)C(F)F)c(C#CCNc4ccc(S(N)(=O)=O)cc4)sc23)CC1. The molecule has 0 spiro atoms. The number of anilines is 2. The molecular formula is C25H27F3N4O2S2. The maximum atomic E-state index is 14.7. The van der Waals surface area contributed by atoms with Crippen LogP contribution < -0.4 is 15.8 Å². The second-order valence-electron chi connectivity index (χ2n) is 8.71. The van der Waals surface area contributed by atoms with Gasteiger partial charge >= 0.3 is 0 Å². The zero-order chi connectivity index (χ0) is 25.9. The standard InChI is InChI=1S/C25H27F3N4O2S2/c1-32-14-11-17(12-15-32)31-20-5-2-4-19-22(23(26)25(27)28)21(35-24(19)20)6-3-13-30-16-7-9-18(10-8-16)36(29,33)34/h2,4-5,7-10,17,23,25,30-31H,11-15H2,1H3,(H2,29,33,34). The summed E-state index contributed by atoms with van der Waals surface area (Å²) in [6.45, 7) is 2.08. The summed E-state index contributed by atoms with van der Waals surface area (Å²) in [7, 11) is -1.71. The number of piperidine rings is 1. The van der Waals surface area contributed by atoms with Gasteiger partial charge in [-0.25, -0.2) is 26.7 Å². The summed E-state index contributed by atoms with van der Waals surface area (Å²) in [5.74, 6) is 5.73. The molecule has 1 atom stereocenters. The third-order valence-corrected chi connectivity index (χ3v) is 8.19. The van der Waals surface area contributed by atoms with Crippen LogP contribution in [0.25, 0.3) is 10.1 Å². The van der Waals surface area contributed by atoms with Gasteiger partial charge < -0.3 is 15.5 Å². The predicted molar refractivity (Wildman–Crippen MR) is 139 cm³/mol. The number of benzene rings is 2. The highest BCUT2D eigenvalue weighted by Gasteiger charge is 2.29. The molecule has 1 aliphatic heterocycles. The number of thiophene rings is 1. The molecule has 6 nitrogen and oxygen atoms in total. The maximum Gasteiger partial charge on any atom is 0.273 e. The van der Waals surface area contributed by atoms with Crippen molar-refractivity contribution >= 4 is 42.8 Å². The van der Waals surface area contributed by atoms with Crippen LogP contribution in [0.15, 0.2) is 47.4 Å². The fourth-order valence-corrected chi connectivity index (χ4v) is 5.85. The van der Waals surface area contributed by atoms with Crippen LogP contribution in [0.1, 0.15) is 29.5 Å². The Bertz CT molecular complexity index is 1370. The van der Waals surface area contributed by atoms with Gasteiger partial charge in [-0.05, 0) is 63.3 Å². The Balaban J connectivity index is 1.57. The molecule has 0 radical (unpaired) electrons. The molecule has 2 aromatic carbocycles. The molecule has 1 fully saturated rings. The van der Waals surface area contributed by atoms with Gasteiger partial charge in [-0.1, -0.05) is 24.0 Å². The first-order chi connectivity index (χ1) is 17.1. The van der Waals surface area contributed by atoms with E-state index in [2.05, 4.69) is 34.4 Å². The van der Waals surface area contributed by atoms with Crippen molar-refractivity contribution in [2.45, 2.75) is 36.4 Å². The number of sulfonamides is 1. The van der Waals surface area contributed by atoms with Crippen LogP contribution in [0.2, 0.25) is 0 Å². The minimum atomic E-state index is -3.79. The van der Waals surface area contributed by atoms with Crippen LogP contribution in [-0.4, -0.2) is 52.5 Å². The Morgan fingerprint density at radius 2 is 1.83 bits per heavy atom. The van der Waals surface area contributed by atoms with Gasteiger partial charge in [0.05, 0.1) is 26.7 Å². The lowest BCUT2D eigenvalue weighted by Crippen LogP contribution is -2.36. The van der Waals surface area contributed by atoms with Crippen LogP contribution in [0.3, 0.4) is 0 Å². The minimum Gasteiger partial charge on any atom is -0.381 e. The van der Waals surface area contributed by atoms with E-state index in [-0.39, 0.29) is 27.9 Å². The first-order valence-corrected chi connectivity index (χ1v) is 13.8. The van der Waals surface area contributed by atoms with Crippen molar-refractivity contribution in [3.05, 3.63) is 52.9 Å². The molecule has 1 saturated heterocycles. The minimum absolute atomic E-state index is 0.0142. The molecule has 0 saturated carbocycles. The van der Waals surface area contributed by atoms with Crippen molar-refractivity contribution in [1.29, 1.82) is 0 Å². The zero-order valence-electron chi connectivity index (χ0n) is 19.6. The van der Waals surface area contributed by atoms with E-state index in [1.165, 1.54) is 23.5 Å². The first-order valence-electron chi connectivity index (χ1n) is 11.4. The number of fused-ring (bicyclic) bond motifs is 1. The molecule has 1 aromatic heterocycles. The molecule has 0 amide bonds. The number of hydrogen-bond acceptors (Lipinski definition) is 6. The Morgan fingerprint density at radius 1 is 1.14 bits per heavy atom. The summed E-state index contributed by atoms with van der Waals surface area (Å²) < 4.78 is 65.0. The van der Waals surface area contributed by atoms with E-state index in [4.69, 9.17) is 5.14 Å². The molecule has 0 bridgehead atoms. The molecule has 1 unspecified atom stereocenters. The van der Waals surface area contributed by atoms with Gasteiger partial charge in [0.15, 0.2) is 6.17 Å². The predicted octanol–water partition coefficient (Wildman–Crippen LogP) is 4.79. The van der Waals surface area contributed by atoms with E-state index in [0.717, 1.165) is 31.6 Å². The second kappa shape index (κ2) is 11.1. The number of rotatable bonds is 7. The molecule has 1 aliphatic rings. The van der Waals surface area contributed by atoms with Crippen LogP contribution in [-0.2, 0) is 10.0 Å². The molecule has 36 heavy (non-hydrogen) atoms. The molecule has 4 N–H and O–H groups in total. The largest absolute Gasteiger partial charge is 0.381 e. The van der Waals surface area contributed by atoms with Gasteiger partial charge in [0.2, 0.25) is 10.0 Å². The van der Waals surface area contributed by atoms with Gasteiger partial charge in [-0.2, -0.15) is 0 Å². The van der Waals surface area contributed by atoms with E-state index >= 15 is 0 Å². The Morgan fingerprint density at radius 3 is 2.47 bits per heavy atom. The van der Waals surface area contributed by atoms with Crippen LogP contribution >= 0.6 is 11.3 Å². The fraction of sp³-hybridized carbons (Fsp3) is 0.360. The molecule has 4 rings (SSSR count). The average Bonchev–Trinajstić information content (AvgIpc) is 3.21. The Labute approximate surface area is 212 Å². The monoisotopic (exact) mass is 536 g/mol. The van der Waals surface area contributed by atoms with Crippen LogP contribution in [0.4, 0.5) is 24.5 Å². The molecule has 3 aromatic rings. The topological polar surface area (TPSA) is 87.5 Å². The number of hydrogen-bond donors (Lipinski definition) is 3. The lowest BCUT2D eigenvalue weighted by molar-refractivity contribution is 0.0504. The van der Waals surface area contributed by atoms with Crippen molar-refractivity contribution in [3.63, 3.8) is 0 Å². The average molecular weight is 537 g/mol.